The van der Waals surface area contributed by atoms with E-state index < -0.39 is 0 Å². The first kappa shape index (κ1) is 12.7. The number of amides is 2. The van der Waals surface area contributed by atoms with Gasteiger partial charge >= 0.3 is 6.03 Å². The number of urea groups is 1. The van der Waals surface area contributed by atoms with Gasteiger partial charge in [0.05, 0.1) is 0 Å². The molecule has 2 amide bonds. The lowest BCUT2D eigenvalue weighted by Crippen LogP contribution is -2.48. The van der Waals surface area contributed by atoms with E-state index in [1.807, 2.05) is 0 Å². The highest BCUT2D eigenvalue weighted by molar-refractivity contribution is 5.75. The van der Waals surface area contributed by atoms with Crippen LogP contribution in [0, 0.1) is 0 Å². The summed E-state index contributed by atoms with van der Waals surface area (Å²) in [5.41, 5.74) is 0. The van der Waals surface area contributed by atoms with Crippen LogP contribution in [0.25, 0.3) is 0 Å². The molecule has 0 aromatic carbocycles. The molecular formula is C14H26N2O. The van der Waals surface area contributed by atoms with Crippen LogP contribution in [0.2, 0.25) is 0 Å². The van der Waals surface area contributed by atoms with Crippen molar-refractivity contribution in [3.8, 4) is 0 Å². The molecule has 1 unspecified atom stereocenters. The van der Waals surface area contributed by atoms with Crippen molar-refractivity contribution < 1.29 is 4.79 Å². The largest absolute Gasteiger partial charge is 0.335 e. The number of nitrogens with one attached hydrogen (secondary N) is 1. The third-order valence-electron chi connectivity index (χ3n) is 4.29. The molecule has 1 saturated carbocycles. The molecule has 0 aromatic heterocycles. The van der Waals surface area contributed by atoms with Crippen molar-refractivity contribution in [3.63, 3.8) is 0 Å². The van der Waals surface area contributed by atoms with Gasteiger partial charge in [-0.25, -0.2) is 4.79 Å². The number of rotatable bonds is 2. The van der Waals surface area contributed by atoms with Crippen LogP contribution in [0.5, 0.6) is 0 Å². The lowest BCUT2D eigenvalue weighted by atomic mass is 10.1. The number of hydrogen-bond acceptors (Lipinski definition) is 1. The fourth-order valence-corrected chi connectivity index (χ4v) is 3.20. The molecule has 1 saturated heterocycles. The Morgan fingerprint density at radius 3 is 2.53 bits per heavy atom. The van der Waals surface area contributed by atoms with E-state index >= 15 is 0 Å². The van der Waals surface area contributed by atoms with Gasteiger partial charge in [0.1, 0.15) is 0 Å². The van der Waals surface area contributed by atoms with Gasteiger partial charge in [-0.15, -0.1) is 0 Å². The lowest BCUT2D eigenvalue weighted by Gasteiger charge is -2.30. The number of carbonyl (C=O) groups is 1. The van der Waals surface area contributed by atoms with E-state index in [4.69, 9.17) is 0 Å². The fraction of sp³-hybridized carbons (Fsp3) is 0.929. The summed E-state index contributed by atoms with van der Waals surface area (Å²) in [5.74, 6) is 0. The molecule has 1 heterocycles. The van der Waals surface area contributed by atoms with Crippen LogP contribution >= 0.6 is 0 Å². The Morgan fingerprint density at radius 1 is 1.12 bits per heavy atom. The van der Waals surface area contributed by atoms with Crippen LogP contribution in [0.3, 0.4) is 0 Å². The minimum absolute atomic E-state index is 0.200. The summed E-state index contributed by atoms with van der Waals surface area (Å²) in [6, 6.07) is 1.12. The molecule has 0 radical (unpaired) electrons. The standard InChI is InChI=1S/C14H26N2O/c1-2-13-10-4-3-7-11-16(13)14(17)15-12-8-5-6-9-12/h12-13H,2-11H2,1H3,(H,15,17). The summed E-state index contributed by atoms with van der Waals surface area (Å²) >= 11 is 0. The highest BCUT2D eigenvalue weighted by atomic mass is 16.2. The first-order valence-corrected chi connectivity index (χ1v) is 7.38. The molecule has 3 nitrogen and oxygen atoms in total. The first-order chi connectivity index (χ1) is 8.31. The molecule has 3 heteroatoms. The quantitative estimate of drug-likeness (QED) is 0.786. The number of hydrogen-bond donors (Lipinski definition) is 1. The van der Waals surface area contributed by atoms with Crippen molar-refractivity contribution in [1.82, 2.24) is 10.2 Å². The molecular weight excluding hydrogens is 212 g/mol. The van der Waals surface area contributed by atoms with Gasteiger partial charge in [0, 0.05) is 18.6 Å². The Morgan fingerprint density at radius 2 is 1.82 bits per heavy atom. The van der Waals surface area contributed by atoms with Crippen molar-refractivity contribution >= 4 is 6.03 Å². The molecule has 0 bridgehead atoms. The Labute approximate surface area is 105 Å². The van der Waals surface area contributed by atoms with Gasteiger partial charge in [0.25, 0.3) is 0 Å². The van der Waals surface area contributed by atoms with E-state index in [9.17, 15) is 4.79 Å². The maximum Gasteiger partial charge on any atom is 0.317 e. The zero-order valence-corrected chi connectivity index (χ0v) is 11.1. The molecule has 98 valence electrons. The Balaban J connectivity index is 1.89. The third-order valence-corrected chi connectivity index (χ3v) is 4.29. The van der Waals surface area contributed by atoms with E-state index in [1.165, 1.54) is 51.4 Å². The van der Waals surface area contributed by atoms with E-state index in [0.29, 0.717) is 12.1 Å². The molecule has 2 aliphatic rings. The van der Waals surface area contributed by atoms with Gasteiger partial charge in [-0.1, -0.05) is 32.6 Å². The van der Waals surface area contributed by atoms with Crippen molar-refractivity contribution in [2.45, 2.75) is 76.8 Å². The Bertz CT molecular complexity index is 249. The molecule has 2 rings (SSSR count). The normalized spacial score (nSPS) is 26.9. The molecule has 0 spiro atoms. The molecule has 0 aromatic rings. The van der Waals surface area contributed by atoms with Crippen LogP contribution in [-0.2, 0) is 0 Å². The maximum atomic E-state index is 12.3. The summed E-state index contributed by atoms with van der Waals surface area (Å²) < 4.78 is 0. The van der Waals surface area contributed by atoms with Gasteiger partial charge in [0.15, 0.2) is 0 Å². The molecule has 17 heavy (non-hydrogen) atoms. The summed E-state index contributed by atoms with van der Waals surface area (Å²) in [6.07, 6.45) is 10.9. The smallest absolute Gasteiger partial charge is 0.317 e. The van der Waals surface area contributed by atoms with Gasteiger partial charge in [-0.05, 0) is 32.1 Å². The van der Waals surface area contributed by atoms with Crippen LogP contribution < -0.4 is 5.32 Å². The summed E-state index contributed by atoms with van der Waals surface area (Å²) in [5, 5.41) is 3.23. The van der Waals surface area contributed by atoms with Crippen molar-refractivity contribution in [3.05, 3.63) is 0 Å². The number of carbonyl (C=O) groups excluding carboxylic acids is 1. The monoisotopic (exact) mass is 238 g/mol. The number of likely N-dealkylation sites (tertiary alicyclic amines) is 1. The minimum atomic E-state index is 0.200. The summed E-state index contributed by atoms with van der Waals surface area (Å²) in [7, 11) is 0. The van der Waals surface area contributed by atoms with Crippen molar-refractivity contribution in [2.24, 2.45) is 0 Å². The van der Waals surface area contributed by atoms with Crippen LogP contribution in [0.4, 0.5) is 4.79 Å². The lowest BCUT2D eigenvalue weighted by molar-refractivity contribution is 0.170. The van der Waals surface area contributed by atoms with Crippen molar-refractivity contribution in [2.75, 3.05) is 6.54 Å². The first-order valence-electron chi connectivity index (χ1n) is 7.38. The van der Waals surface area contributed by atoms with Crippen LogP contribution in [0.15, 0.2) is 0 Å². The predicted octanol–water partition coefficient (Wildman–Crippen LogP) is 3.29. The zero-order valence-electron chi connectivity index (χ0n) is 11.1. The Kier molecular flexibility index (Phi) is 4.69. The highest BCUT2D eigenvalue weighted by Gasteiger charge is 2.26. The van der Waals surface area contributed by atoms with Gasteiger partial charge in [-0.3, -0.25) is 0 Å². The SMILES string of the molecule is CCC1CCCCCN1C(=O)NC1CCCC1. The van der Waals surface area contributed by atoms with Gasteiger partial charge in [0.2, 0.25) is 0 Å². The molecule has 1 atom stereocenters. The van der Waals surface area contributed by atoms with Crippen LogP contribution in [-0.4, -0.2) is 29.6 Å². The topological polar surface area (TPSA) is 32.3 Å². The second-order valence-electron chi connectivity index (χ2n) is 5.54. The summed E-state index contributed by atoms with van der Waals surface area (Å²) in [6.45, 7) is 3.16. The zero-order chi connectivity index (χ0) is 12.1. The van der Waals surface area contributed by atoms with E-state index in [2.05, 4.69) is 17.1 Å². The maximum absolute atomic E-state index is 12.3. The van der Waals surface area contributed by atoms with Gasteiger partial charge < -0.3 is 10.2 Å². The average molecular weight is 238 g/mol. The second kappa shape index (κ2) is 6.27. The molecule has 2 fully saturated rings. The van der Waals surface area contributed by atoms with E-state index in [1.54, 1.807) is 0 Å². The average Bonchev–Trinajstić information content (AvgIpc) is 2.71. The highest BCUT2D eigenvalue weighted by Crippen LogP contribution is 2.21. The molecule has 1 N–H and O–H groups in total. The van der Waals surface area contributed by atoms with Crippen molar-refractivity contribution in [1.29, 1.82) is 0 Å². The predicted molar refractivity (Wildman–Crippen MR) is 70.0 cm³/mol. The third kappa shape index (κ3) is 3.36. The van der Waals surface area contributed by atoms with Gasteiger partial charge in [-0.2, -0.15) is 0 Å². The molecule has 1 aliphatic carbocycles. The van der Waals surface area contributed by atoms with Crippen LogP contribution in [0.1, 0.15) is 64.7 Å². The number of nitrogens with zero attached hydrogens (tertiary/aromatic N) is 1. The summed E-state index contributed by atoms with van der Waals surface area (Å²) in [4.78, 5) is 14.4. The van der Waals surface area contributed by atoms with E-state index in [-0.39, 0.29) is 6.03 Å². The van der Waals surface area contributed by atoms with E-state index in [0.717, 1.165) is 13.0 Å². The second-order valence-corrected chi connectivity index (χ2v) is 5.54. The molecule has 1 aliphatic heterocycles. The minimum Gasteiger partial charge on any atom is -0.335 e. The fourth-order valence-electron chi connectivity index (χ4n) is 3.20. The Hall–Kier alpha value is -0.730.